The smallest absolute Gasteiger partial charge is 0.211 e. The normalized spacial score (nSPS) is 44.9. The number of fused-ring (bicyclic) bond motifs is 5. The van der Waals surface area contributed by atoms with Crippen LogP contribution >= 0.6 is 11.6 Å². The molecule has 15 heavy (non-hydrogen) atoms. The summed E-state index contributed by atoms with van der Waals surface area (Å²) < 4.78 is 24.9. The van der Waals surface area contributed by atoms with E-state index >= 15 is 0 Å². The lowest BCUT2D eigenvalue weighted by Gasteiger charge is -2.22. The predicted octanol–water partition coefficient (Wildman–Crippen LogP) is 1.49. The molecule has 0 aromatic rings. The summed E-state index contributed by atoms with van der Waals surface area (Å²) in [5.41, 5.74) is 0. The molecule has 1 aliphatic heterocycles. The summed E-state index contributed by atoms with van der Waals surface area (Å²) in [6.07, 6.45) is 3.99. The third kappa shape index (κ3) is 1.45. The van der Waals surface area contributed by atoms with Crippen molar-refractivity contribution in [1.82, 2.24) is 4.31 Å². The maximum Gasteiger partial charge on any atom is 0.228 e. The van der Waals surface area contributed by atoms with Crippen molar-refractivity contribution in [3.05, 3.63) is 0 Å². The lowest BCUT2D eigenvalue weighted by molar-refractivity contribution is 0.281. The molecular weight excluding hydrogens is 234 g/mol. The fraction of sp³-hybridized carbons (Fsp3) is 1.00. The molecule has 2 saturated carbocycles. The van der Waals surface area contributed by atoms with Gasteiger partial charge in [-0.2, -0.15) is 0 Å². The summed E-state index contributed by atoms with van der Waals surface area (Å²) in [6, 6.07) is 0. The van der Waals surface area contributed by atoms with Crippen LogP contribution in [0.25, 0.3) is 0 Å². The average molecular weight is 250 g/mol. The maximum absolute atomic E-state index is 11.7. The Morgan fingerprint density at radius 3 is 2.13 bits per heavy atom. The molecule has 4 unspecified atom stereocenters. The molecule has 2 aliphatic carbocycles. The molecule has 86 valence electrons. The second-order valence-electron chi connectivity index (χ2n) is 5.20. The maximum atomic E-state index is 11.7. The standard InChI is InChI=1S/C10H16ClNO2S/c11-6-15(13,14)12-4-9-7-1-2-8(3-7)10(9)5-12/h7-10H,1-6H2. The first-order chi connectivity index (χ1) is 7.12. The Labute approximate surface area is 95.8 Å². The van der Waals surface area contributed by atoms with Crippen LogP contribution in [0.3, 0.4) is 0 Å². The minimum atomic E-state index is -3.16. The van der Waals surface area contributed by atoms with Crippen molar-refractivity contribution in [1.29, 1.82) is 0 Å². The highest BCUT2D eigenvalue weighted by Crippen LogP contribution is 2.55. The third-order valence-electron chi connectivity index (χ3n) is 4.63. The summed E-state index contributed by atoms with van der Waals surface area (Å²) in [5.74, 6) is 2.88. The van der Waals surface area contributed by atoms with Gasteiger partial charge in [-0.3, -0.25) is 0 Å². The molecule has 0 spiro atoms. The molecule has 0 aromatic carbocycles. The van der Waals surface area contributed by atoms with Gasteiger partial charge in [0, 0.05) is 13.1 Å². The van der Waals surface area contributed by atoms with Crippen molar-refractivity contribution in [3.8, 4) is 0 Å². The highest BCUT2D eigenvalue weighted by Gasteiger charge is 2.53. The van der Waals surface area contributed by atoms with Gasteiger partial charge in [0.2, 0.25) is 10.0 Å². The summed E-state index contributed by atoms with van der Waals surface area (Å²) in [5, 5.41) is -0.262. The van der Waals surface area contributed by atoms with Crippen molar-refractivity contribution in [3.63, 3.8) is 0 Å². The van der Waals surface area contributed by atoms with Crippen LogP contribution < -0.4 is 0 Å². The molecule has 3 aliphatic rings. The monoisotopic (exact) mass is 249 g/mol. The molecule has 0 aromatic heterocycles. The molecule has 2 bridgehead atoms. The third-order valence-corrected chi connectivity index (χ3v) is 6.82. The lowest BCUT2D eigenvalue weighted by Crippen LogP contribution is -2.31. The topological polar surface area (TPSA) is 37.4 Å². The fourth-order valence-corrected chi connectivity index (χ4v) is 5.29. The van der Waals surface area contributed by atoms with Gasteiger partial charge in [0.05, 0.1) is 0 Å². The predicted molar refractivity (Wildman–Crippen MR) is 59.0 cm³/mol. The van der Waals surface area contributed by atoms with Crippen LogP contribution in [0.15, 0.2) is 0 Å². The summed E-state index contributed by atoms with van der Waals surface area (Å²) in [4.78, 5) is 0. The van der Waals surface area contributed by atoms with Gasteiger partial charge in [0.25, 0.3) is 0 Å². The molecule has 5 heteroatoms. The van der Waals surface area contributed by atoms with Crippen LogP contribution in [-0.4, -0.2) is 31.0 Å². The van der Waals surface area contributed by atoms with Crippen LogP contribution in [0.4, 0.5) is 0 Å². The highest BCUT2D eigenvalue weighted by molar-refractivity contribution is 7.90. The van der Waals surface area contributed by atoms with Crippen molar-refractivity contribution in [2.24, 2.45) is 23.7 Å². The Balaban J connectivity index is 1.80. The molecule has 1 saturated heterocycles. The van der Waals surface area contributed by atoms with E-state index < -0.39 is 10.0 Å². The van der Waals surface area contributed by atoms with Gasteiger partial charge < -0.3 is 0 Å². The number of alkyl halides is 1. The van der Waals surface area contributed by atoms with Gasteiger partial charge in [-0.05, 0) is 42.9 Å². The summed E-state index contributed by atoms with van der Waals surface area (Å²) in [6.45, 7) is 1.47. The van der Waals surface area contributed by atoms with Crippen LogP contribution in [0, 0.1) is 23.7 Å². The Morgan fingerprint density at radius 1 is 1.13 bits per heavy atom. The molecule has 0 amide bonds. The van der Waals surface area contributed by atoms with E-state index in [9.17, 15) is 8.42 Å². The highest BCUT2D eigenvalue weighted by atomic mass is 35.5. The molecule has 0 N–H and O–H groups in total. The zero-order chi connectivity index (χ0) is 10.6. The minimum absolute atomic E-state index is 0.262. The number of halogens is 1. The van der Waals surface area contributed by atoms with Crippen LogP contribution in [0.1, 0.15) is 19.3 Å². The zero-order valence-electron chi connectivity index (χ0n) is 8.60. The van der Waals surface area contributed by atoms with Gasteiger partial charge in [-0.15, -0.1) is 11.6 Å². The zero-order valence-corrected chi connectivity index (χ0v) is 10.2. The van der Waals surface area contributed by atoms with Crippen molar-refractivity contribution < 1.29 is 8.42 Å². The molecule has 3 fully saturated rings. The van der Waals surface area contributed by atoms with E-state index in [2.05, 4.69) is 0 Å². The average Bonchev–Trinajstić information content (AvgIpc) is 2.89. The first-order valence-corrected chi connectivity index (χ1v) is 7.80. The second kappa shape index (κ2) is 3.34. The quantitative estimate of drug-likeness (QED) is 0.696. The van der Waals surface area contributed by atoms with Gasteiger partial charge in [0.15, 0.2) is 0 Å². The molecule has 1 heterocycles. The number of hydrogen-bond acceptors (Lipinski definition) is 2. The number of sulfonamides is 1. The van der Waals surface area contributed by atoms with Gasteiger partial charge >= 0.3 is 0 Å². The van der Waals surface area contributed by atoms with Gasteiger partial charge in [0.1, 0.15) is 5.21 Å². The number of nitrogens with zero attached hydrogens (tertiary/aromatic N) is 1. The summed E-state index contributed by atoms with van der Waals surface area (Å²) >= 11 is 5.49. The second-order valence-corrected chi connectivity index (χ2v) is 7.75. The number of hydrogen-bond donors (Lipinski definition) is 0. The van der Waals surface area contributed by atoms with Crippen LogP contribution in [0.5, 0.6) is 0 Å². The molecule has 0 radical (unpaired) electrons. The van der Waals surface area contributed by atoms with Gasteiger partial charge in [-0.25, -0.2) is 12.7 Å². The SMILES string of the molecule is O=S(=O)(CCl)N1CC2C3CCC(C3)C2C1. The van der Waals surface area contributed by atoms with Crippen molar-refractivity contribution >= 4 is 21.6 Å². The first kappa shape index (κ1) is 10.4. The van der Waals surface area contributed by atoms with E-state index in [1.54, 1.807) is 4.31 Å². The summed E-state index contributed by atoms with van der Waals surface area (Å²) in [7, 11) is -3.16. The Hall–Kier alpha value is 0.200. The van der Waals surface area contributed by atoms with Crippen LogP contribution in [0.2, 0.25) is 0 Å². The minimum Gasteiger partial charge on any atom is -0.211 e. The largest absolute Gasteiger partial charge is 0.228 e. The van der Waals surface area contributed by atoms with E-state index in [0.29, 0.717) is 11.8 Å². The van der Waals surface area contributed by atoms with E-state index in [4.69, 9.17) is 11.6 Å². The van der Waals surface area contributed by atoms with E-state index in [0.717, 1.165) is 24.9 Å². The Bertz CT molecular complexity index is 352. The molecular formula is C10H16ClNO2S. The van der Waals surface area contributed by atoms with Crippen LogP contribution in [-0.2, 0) is 10.0 Å². The first-order valence-electron chi connectivity index (χ1n) is 5.65. The molecule has 3 nitrogen and oxygen atoms in total. The van der Waals surface area contributed by atoms with Gasteiger partial charge in [-0.1, -0.05) is 0 Å². The van der Waals surface area contributed by atoms with Crippen molar-refractivity contribution in [2.75, 3.05) is 18.3 Å². The Morgan fingerprint density at radius 2 is 1.67 bits per heavy atom. The van der Waals surface area contributed by atoms with E-state index in [1.807, 2.05) is 0 Å². The van der Waals surface area contributed by atoms with Crippen molar-refractivity contribution in [2.45, 2.75) is 19.3 Å². The molecule has 4 atom stereocenters. The lowest BCUT2D eigenvalue weighted by atomic mass is 9.82. The Kier molecular flexibility index (Phi) is 2.31. The van der Waals surface area contributed by atoms with E-state index in [-0.39, 0.29) is 5.21 Å². The fourth-order valence-electron chi connectivity index (χ4n) is 3.94. The molecule has 3 rings (SSSR count). The van der Waals surface area contributed by atoms with E-state index in [1.165, 1.54) is 19.3 Å². The number of rotatable bonds is 2.